The van der Waals surface area contributed by atoms with Crippen molar-refractivity contribution in [2.75, 3.05) is 0 Å². The molecule has 2 rings (SSSR count). The van der Waals surface area contributed by atoms with Crippen LogP contribution < -0.4 is 0 Å². The van der Waals surface area contributed by atoms with Gasteiger partial charge in [-0.2, -0.15) is 0 Å². The highest BCUT2D eigenvalue weighted by molar-refractivity contribution is 9.10. The molecule has 17 heavy (non-hydrogen) atoms. The van der Waals surface area contributed by atoms with Gasteiger partial charge in [0.25, 0.3) is 0 Å². The van der Waals surface area contributed by atoms with Gasteiger partial charge in [-0.3, -0.25) is 0 Å². The summed E-state index contributed by atoms with van der Waals surface area (Å²) >= 11 is 3.70. The van der Waals surface area contributed by atoms with Crippen molar-refractivity contribution in [1.29, 1.82) is 0 Å². The minimum atomic E-state index is 1.12. The zero-order valence-corrected chi connectivity index (χ0v) is 12.2. The van der Waals surface area contributed by atoms with Crippen LogP contribution in [-0.2, 0) is 12.8 Å². The molecule has 0 atom stereocenters. The van der Waals surface area contributed by atoms with Crippen LogP contribution >= 0.6 is 15.9 Å². The van der Waals surface area contributed by atoms with Crippen molar-refractivity contribution >= 4 is 22.0 Å². The van der Waals surface area contributed by atoms with Gasteiger partial charge < -0.3 is 0 Å². The summed E-state index contributed by atoms with van der Waals surface area (Å²) < 4.78 is 1.30. The first-order chi connectivity index (χ1) is 8.33. The van der Waals surface area contributed by atoms with E-state index in [0.717, 1.165) is 6.42 Å². The highest BCUT2D eigenvalue weighted by atomic mass is 79.9. The Labute approximate surface area is 113 Å². The minimum Gasteiger partial charge on any atom is -0.0795 e. The number of rotatable bonds is 6. The lowest BCUT2D eigenvalue weighted by Crippen LogP contribution is -1.96. The van der Waals surface area contributed by atoms with Crippen molar-refractivity contribution in [3.63, 3.8) is 0 Å². The Hall–Kier alpha value is -0.560. The molecule has 0 radical (unpaired) electrons. The lowest BCUT2D eigenvalue weighted by atomic mass is 9.97. The molecule has 1 aromatic rings. The average Bonchev–Trinajstić information content (AvgIpc) is 2.79. The molecule has 0 N–H and O–H groups in total. The minimum absolute atomic E-state index is 1.12. The summed E-state index contributed by atoms with van der Waals surface area (Å²) in [7, 11) is 0. The van der Waals surface area contributed by atoms with Gasteiger partial charge in [0.2, 0.25) is 0 Å². The lowest BCUT2D eigenvalue weighted by molar-refractivity contribution is 0.630. The SMILES string of the molecule is CCCCCCCc1c(Br)ccc2c1CC=C2. The van der Waals surface area contributed by atoms with Gasteiger partial charge in [-0.1, -0.05) is 66.8 Å². The first-order valence-electron chi connectivity index (χ1n) is 6.79. The fourth-order valence-electron chi connectivity index (χ4n) is 2.56. The van der Waals surface area contributed by atoms with Crippen LogP contribution in [0.25, 0.3) is 6.08 Å². The van der Waals surface area contributed by atoms with Gasteiger partial charge in [-0.25, -0.2) is 0 Å². The molecule has 0 aliphatic heterocycles. The molecular formula is C16H21Br. The molecular weight excluding hydrogens is 272 g/mol. The Morgan fingerprint density at radius 3 is 2.76 bits per heavy atom. The van der Waals surface area contributed by atoms with Crippen molar-refractivity contribution < 1.29 is 0 Å². The summed E-state index contributed by atoms with van der Waals surface area (Å²) in [6.45, 7) is 2.27. The predicted molar refractivity (Wildman–Crippen MR) is 79.3 cm³/mol. The van der Waals surface area contributed by atoms with Crippen molar-refractivity contribution in [3.05, 3.63) is 39.4 Å². The van der Waals surface area contributed by atoms with E-state index in [-0.39, 0.29) is 0 Å². The smallest absolute Gasteiger partial charge is 0.0210 e. The summed E-state index contributed by atoms with van der Waals surface area (Å²) in [5.41, 5.74) is 4.52. The number of fused-ring (bicyclic) bond motifs is 1. The Morgan fingerprint density at radius 1 is 1.12 bits per heavy atom. The first-order valence-corrected chi connectivity index (χ1v) is 7.59. The van der Waals surface area contributed by atoms with Gasteiger partial charge in [0, 0.05) is 4.47 Å². The largest absolute Gasteiger partial charge is 0.0795 e. The Kier molecular flexibility index (Phi) is 4.85. The highest BCUT2D eigenvalue weighted by Crippen LogP contribution is 2.30. The van der Waals surface area contributed by atoms with E-state index in [9.17, 15) is 0 Å². The highest BCUT2D eigenvalue weighted by Gasteiger charge is 2.12. The van der Waals surface area contributed by atoms with E-state index in [1.807, 2.05) is 0 Å². The topological polar surface area (TPSA) is 0 Å². The standard InChI is InChI=1S/C16H21Br/c1-2-3-4-5-6-9-15-14-10-7-8-13(14)11-12-16(15)17/h7-8,11-12H,2-6,9-10H2,1H3. The molecule has 0 nitrogen and oxygen atoms in total. The van der Waals surface area contributed by atoms with E-state index in [4.69, 9.17) is 0 Å². The zero-order valence-electron chi connectivity index (χ0n) is 10.6. The second-order valence-corrected chi connectivity index (χ2v) is 5.72. The fraction of sp³-hybridized carbons (Fsp3) is 0.500. The Bertz CT molecular complexity index is 404. The second-order valence-electron chi connectivity index (χ2n) is 4.86. The third-order valence-corrected chi connectivity index (χ3v) is 4.30. The first kappa shape index (κ1) is 12.9. The molecule has 0 heterocycles. The molecule has 1 heteroatoms. The predicted octanol–water partition coefficient (Wildman–Crippen LogP) is 5.53. The molecule has 0 spiro atoms. The lowest BCUT2D eigenvalue weighted by Gasteiger charge is -2.11. The van der Waals surface area contributed by atoms with E-state index in [1.165, 1.54) is 48.6 Å². The quantitative estimate of drug-likeness (QED) is 0.605. The van der Waals surface area contributed by atoms with Crippen LogP contribution in [0.15, 0.2) is 22.7 Å². The van der Waals surface area contributed by atoms with E-state index in [2.05, 4.69) is 47.1 Å². The van der Waals surface area contributed by atoms with Crippen LogP contribution in [0.2, 0.25) is 0 Å². The summed E-state index contributed by atoms with van der Waals surface area (Å²) in [6.07, 6.45) is 13.7. The van der Waals surface area contributed by atoms with E-state index in [0.29, 0.717) is 0 Å². The molecule has 0 saturated heterocycles. The van der Waals surface area contributed by atoms with Gasteiger partial charge in [-0.05, 0) is 42.0 Å². The van der Waals surface area contributed by atoms with E-state index < -0.39 is 0 Å². The van der Waals surface area contributed by atoms with Crippen molar-refractivity contribution in [2.24, 2.45) is 0 Å². The number of halogens is 1. The van der Waals surface area contributed by atoms with Gasteiger partial charge in [-0.15, -0.1) is 0 Å². The molecule has 0 saturated carbocycles. The van der Waals surface area contributed by atoms with E-state index in [1.54, 1.807) is 11.1 Å². The molecule has 0 unspecified atom stereocenters. The van der Waals surface area contributed by atoms with Crippen LogP contribution in [0, 0.1) is 0 Å². The van der Waals surface area contributed by atoms with Gasteiger partial charge in [0.15, 0.2) is 0 Å². The summed E-state index contributed by atoms with van der Waals surface area (Å²) in [5, 5.41) is 0. The number of unbranched alkanes of at least 4 members (excludes halogenated alkanes) is 4. The van der Waals surface area contributed by atoms with Crippen LogP contribution in [0.3, 0.4) is 0 Å². The molecule has 92 valence electrons. The van der Waals surface area contributed by atoms with Crippen LogP contribution in [0.5, 0.6) is 0 Å². The third kappa shape index (κ3) is 3.22. The van der Waals surface area contributed by atoms with E-state index >= 15 is 0 Å². The van der Waals surface area contributed by atoms with Gasteiger partial charge >= 0.3 is 0 Å². The average molecular weight is 293 g/mol. The van der Waals surface area contributed by atoms with Crippen LogP contribution in [0.1, 0.15) is 55.7 Å². The third-order valence-electron chi connectivity index (χ3n) is 3.56. The summed E-state index contributed by atoms with van der Waals surface area (Å²) in [4.78, 5) is 0. The van der Waals surface area contributed by atoms with Gasteiger partial charge in [0.05, 0.1) is 0 Å². The molecule has 0 amide bonds. The molecule has 0 fully saturated rings. The van der Waals surface area contributed by atoms with Gasteiger partial charge in [0.1, 0.15) is 0 Å². The maximum Gasteiger partial charge on any atom is 0.0210 e. The number of benzene rings is 1. The van der Waals surface area contributed by atoms with Crippen molar-refractivity contribution in [2.45, 2.75) is 51.9 Å². The number of allylic oxidation sites excluding steroid dienone is 1. The number of hydrogen-bond acceptors (Lipinski definition) is 0. The van der Waals surface area contributed by atoms with Crippen LogP contribution in [-0.4, -0.2) is 0 Å². The number of hydrogen-bond donors (Lipinski definition) is 0. The second kappa shape index (κ2) is 6.39. The monoisotopic (exact) mass is 292 g/mol. The Balaban J connectivity index is 1.94. The van der Waals surface area contributed by atoms with Crippen LogP contribution in [0.4, 0.5) is 0 Å². The molecule has 1 aliphatic rings. The molecule has 0 bridgehead atoms. The van der Waals surface area contributed by atoms with Crippen molar-refractivity contribution in [3.8, 4) is 0 Å². The molecule has 0 aromatic heterocycles. The maximum absolute atomic E-state index is 3.70. The summed E-state index contributed by atoms with van der Waals surface area (Å²) in [5.74, 6) is 0. The molecule has 1 aliphatic carbocycles. The summed E-state index contributed by atoms with van der Waals surface area (Å²) in [6, 6.07) is 4.43. The van der Waals surface area contributed by atoms with Crippen molar-refractivity contribution in [1.82, 2.24) is 0 Å². The Morgan fingerprint density at radius 2 is 1.94 bits per heavy atom. The normalized spacial score (nSPS) is 13.1. The maximum atomic E-state index is 3.70. The molecule has 1 aromatic carbocycles. The zero-order chi connectivity index (χ0) is 12.1. The fourth-order valence-corrected chi connectivity index (χ4v) is 3.13.